The first-order valence-electron chi connectivity index (χ1n) is 8.16. The lowest BCUT2D eigenvalue weighted by molar-refractivity contribution is 0.256. The lowest BCUT2D eigenvalue weighted by Crippen LogP contribution is -2.35. The molecule has 3 N–H and O–H groups in total. The summed E-state index contributed by atoms with van der Waals surface area (Å²) in [6, 6.07) is 5.74. The van der Waals surface area contributed by atoms with E-state index in [0.717, 1.165) is 4.31 Å². The molecule has 0 saturated heterocycles. The summed E-state index contributed by atoms with van der Waals surface area (Å²) < 4.78 is 53.7. The number of hydrogen-bond donors (Lipinski definition) is 3. The fourth-order valence-corrected chi connectivity index (χ4v) is 4.96. The van der Waals surface area contributed by atoms with Crippen molar-refractivity contribution in [2.45, 2.75) is 16.7 Å². The molecule has 14 heteroatoms. The molecule has 0 aliphatic rings. The van der Waals surface area contributed by atoms with E-state index in [1.807, 2.05) is 10.8 Å². The van der Waals surface area contributed by atoms with Crippen molar-refractivity contribution in [1.82, 2.24) is 19.0 Å². The SMILES string of the molecule is COc1nc(C)c(C#N)c(NC(=O)NS(=N)(=O)c2ccccc2S(=O)(=O)N(C)C)n1. The van der Waals surface area contributed by atoms with Gasteiger partial charge in [-0.15, -0.1) is 0 Å². The topological polar surface area (TPSA) is 178 Å². The minimum atomic E-state index is -4.10. The Kier molecular flexibility index (Phi) is 6.60. The number of sulfonamides is 1. The second kappa shape index (κ2) is 8.61. The molecule has 0 radical (unpaired) electrons. The highest BCUT2D eigenvalue weighted by Gasteiger charge is 2.27. The first-order valence-corrected chi connectivity index (χ1v) is 11.2. The van der Waals surface area contributed by atoms with Crippen molar-refractivity contribution >= 4 is 31.8 Å². The highest BCUT2D eigenvalue weighted by atomic mass is 32.2. The molecule has 0 fully saturated rings. The van der Waals surface area contributed by atoms with E-state index in [4.69, 9.17) is 9.52 Å². The normalized spacial score (nSPS) is 13.2. The van der Waals surface area contributed by atoms with Crippen LogP contribution in [0.4, 0.5) is 10.6 Å². The van der Waals surface area contributed by atoms with Gasteiger partial charge in [0, 0.05) is 14.1 Å². The molecule has 0 aliphatic carbocycles. The predicted molar refractivity (Wildman–Crippen MR) is 107 cm³/mol. The lowest BCUT2D eigenvalue weighted by atomic mass is 10.2. The van der Waals surface area contributed by atoms with Gasteiger partial charge in [-0.3, -0.25) is 5.32 Å². The maximum atomic E-state index is 12.9. The molecule has 160 valence electrons. The molecular formula is C16H19N7O5S2. The van der Waals surface area contributed by atoms with Gasteiger partial charge in [-0.05, 0) is 19.1 Å². The number of ether oxygens (including phenoxy) is 1. The van der Waals surface area contributed by atoms with Crippen molar-refractivity contribution < 1.29 is 22.2 Å². The minimum Gasteiger partial charge on any atom is -0.467 e. The number of nitrogens with zero attached hydrogens (tertiary/aromatic N) is 4. The van der Waals surface area contributed by atoms with Gasteiger partial charge in [0.25, 0.3) is 0 Å². The number of carbonyl (C=O) groups excluding carboxylic acids is 1. The van der Waals surface area contributed by atoms with E-state index in [-0.39, 0.29) is 28.0 Å². The van der Waals surface area contributed by atoms with Crippen LogP contribution in [0.2, 0.25) is 0 Å². The minimum absolute atomic E-state index is 0.0574. The van der Waals surface area contributed by atoms with Crippen LogP contribution in [-0.2, 0) is 19.9 Å². The number of nitriles is 1. The molecule has 2 rings (SSSR count). The number of anilines is 1. The van der Waals surface area contributed by atoms with Crippen molar-refractivity contribution in [1.29, 1.82) is 10.0 Å². The van der Waals surface area contributed by atoms with Gasteiger partial charge in [-0.2, -0.15) is 15.2 Å². The van der Waals surface area contributed by atoms with Crippen molar-refractivity contribution in [3.05, 3.63) is 35.5 Å². The summed E-state index contributed by atoms with van der Waals surface area (Å²) in [5.74, 6) is -0.219. The number of carbonyl (C=O) groups is 1. The van der Waals surface area contributed by atoms with Gasteiger partial charge in [0.1, 0.15) is 16.5 Å². The van der Waals surface area contributed by atoms with E-state index in [9.17, 15) is 22.7 Å². The average molecular weight is 454 g/mol. The maximum Gasteiger partial charge on any atom is 0.333 e. The van der Waals surface area contributed by atoms with Gasteiger partial charge in [0.2, 0.25) is 10.0 Å². The third-order valence-corrected chi connectivity index (χ3v) is 7.20. The second-order valence-electron chi connectivity index (χ2n) is 5.98. The Hall–Kier alpha value is -3.28. The number of urea groups is 1. The van der Waals surface area contributed by atoms with Crippen LogP contribution in [0.25, 0.3) is 0 Å². The summed E-state index contributed by atoms with van der Waals surface area (Å²) in [7, 11) is -4.26. The molecule has 1 heterocycles. The number of aromatic nitrogens is 2. The van der Waals surface area contributed by atoms with Crippen molar-refractivity contribution in [3.8, 4) is 12.1 Å². The first-order chi connectivity index (χ1) is 13.9. The molecule has 0 spiro atoms. The molecule has 12 nitrogen and oxygen atoms in total. The lowest BCUT2D eigenvalue weighted by Gasteiger charge is -2.17. The number of hydrogen-bond acceptors (Lipinski definition) is 9. The number of benzene rings is 1. The molecule has 2 amide bonds. The van der Waals surface area contributed by atoms with Gasteiger partial charge in [0.15, 0.2) is 15.7 Å². The van der Waals surface area contributed by atoms with E-state index in [2.05, 4.69) is 15.3 Å². The van der Waals surface area contributed by atoms with Gasteiger partial charge in [-0.1, -0.05) is 12.1 Å². The van der Waals surface area contributed by atoms with Gasteiger partial charge < -0.3 is 4.74 Å². The van der Waals surface area contributed by atoms with Gasteiger partial charge in [-0.25, -0.2) is 31.2 Å². The quantitative estimate of drug-likeness (QED) is 0.581. The third-order valence-electron chi connectivity index (χ3n) is 3.75. The van der Waals surface area contributed by atoms with E-state index >= 15 is 0 Å². The van der Waals surface area contributed by atoms with Crippen LogP contribution in [0, 0.1) is 23.0 Å². The van der Waals surface area contributed by atoms with Crippen molar-refractivity contribution in [2.24, 2.45) is 0 Å². The molecule has 0 saturated carbocycles. The average Bonchev–Trinajstić information content (AvgIpc) is 2.67. The highest BCUT2D eigenvalue weighted by molar-refractivity contribution is 7.93. The Morgan fingerprint density at radius 1 is 1.20 bits per heavy atom. The fraction of sp³-hybridized carbons (Fsp3) is 0.250. The molecule has 1 atom stereocenters. The number of rotatable bonds is 6. The Bertz CT molecular complexity index is 1240. The van der Waals surface area contributed by atoms with Crippen LogP contribution < -0.4 is 14.8 Å². The molecular weight excluding hydrogens is 434 g/mol. The maximum absolute atomic E-state index is 12.9. The zero-order valence-electron chi connectivity index (χ0n) is 16.5. The number of methoxy groups -OCH3 is 1. The van der Waals surface area contributed by atoms with Crippen LogP contribution in [0.1, 0.15) is 11.3 Å². The predicted octanol–water partition coefficient (Wildman–Crippen LogP) is 1.06. The molecule has 1 unspecified atom stereocenters. The summed E-state index contributed by atoms with van der Waals surface area (Å²) in [6.07, 6.45) is 0. The fourth-order valence-electron chi connectivity index (χ4n) is 2.28. The van der Waals surface area contributed by atoms with Gasteiger partial charge in [0.05, 0.1) is 17.7 Å². The summed E-state index contributed by atoms with van der Waals surface area (Å²) >= 11 is 0. The number of aryl methyl sites for hydroxylation is 1. The van der Waals surface area contributed by atoms with E-state index < -0.39 is 30.9 Å². The Labute approximate surface area is 174 Å². The summed E-state index contributed by atoms with van der Waals surface area (Å²) in [6.45, 7) is 1.50. The molecule has 1 aromatic heterocycles. The summed E-state index contributed by atoms with van der Waals surface area (Å²) in [5, 5.41) is 11.5. The monoisotopic (exact) mass is 453 g/mol. The van der Waals surface area contributed by atoms with Crippen molar-refractivity contribution in [3.63, 3.8) is 0 Å². The van der Waals surface area contributed by atoms with Gasteiger partial charge >= 0.3 is 12.0 Å². The molecule has 30 heavy (non-hydrogen) atoms. The second-order valence-corrected chi connectivity index (χ2v) is 9.85. The zero-order valence-corrected chi connectivity index (χ0v) is 18.1. The van der Waals surface area contributed by atoms with Crippen LogP contribution in [-0.4, -0.2) is 54.1 Å². The number of amides is 2. The molecule has 0 aliphatic heterocycles. The highest BCUT2D eigenvalue weighted by Crippen LogP contribution is 2.23. The van der Waals surface area contributed by atoms with Crippen molar-refractivity contribution in [2.75, 3.05) is 26.5 Å². The summed E-state index contributed by atoms with van der Waals surface area (Å²) in [5.41, 5.74) is 0.173. The summed E-state index contributed by atoms with van der Waals surface area (Å²) in [4.78, 5) is 19.4. The van der Waals surface area contributed by atoms with Crippen LogP contribution in [0.3, 0.4) is 0 Å². The molecule has 0 bridgehead atoms. The zero-order chi connectivity index (χ0) is 22.7. The van der Waals surface area contributed by atoms with Crippen LogP contribution in [0.5, 0.6) is 6.01 Å². The standard InChI is InChI=1S/C16H19N7O5S2/c1-10-11(9-17)14(21-16(19-10)28-4)20-15(24)22-29(18,25)12-7-5-6-8-13(12)30(26,27)23(2)3/h5-8H,1-4H3,(H3,18,19,20,21,22,24,25). The smallest absolute Gasteiger partial charge is 0.333 e. The third kappa shape index (κ3) is 4.64. The van der Waals surface area contributed by atoms with Crippen LogP contribution >= 0.6 is 0 Å². The van der Waals surface area contributed by atoms with E-state index in [0.29, 0.717) is 0 Å². The number of nitrogens with one attached hydrogen (secondary N) is 3. The largest absolute Gasteiger partial charge is 0.467 e. The molecule has 1 aromatic carbocycles. The first kappa shape index (κ1) is 23.0. The van der Waals surface area contributed by atoms with E-state index in [1.54, 1.807) is 0 Å². The Morgan fingerprint density at radius 3 is 2.33 bits per heavy atom. The van der Waals surface area contributed by atoms with Crippen LogP contribution in [0.15, 0.2) is 34.1 Å². The Morgan fingerprint density at radius 2 is 1.80 bits per heavy atom. The van der Waals surface area contributed by atoms with E-state index in [1.165, 1.54) is 52.4 Å². The Balaban J connectivity index is 2.40. The molecule has 2 aromatic rings.